The topological polar surface area (TPSA) is 4.36 Å². The number of hydrogen-bond acceptors (Lipinski definition) is 1. The molecule has 1 unspecified atom stereocenters. The van der Waals surface area contributed by atoms with Gasteiger partial charge in [-0.15, -0.1) is 11.8 Å². The maximum Gasteiger partial charge on any atom is 0.226 e. The van der Waals surface area contributed by atoms with E-state index in [1.807, 2.05) is 12.1 Å². The maximum absolute atomic E-state index is 13.9. The third kappa shape index (κ3) is 2.34. The van der Waals surface area contributed by atoms with Crippen LogP contribution < -0.4 is 0 Å². The van der Waals surface area contributed by atoms with Crippen molar-refractivity contribution in [1.29, 1.82) is 0 Å². The maximum atomic E-state index is 13.9. The Labute approximate surface area is 129 Å². The Balaban J connectivity index is 2.28. The van der Waals surface area contributed by atoms with Gasteiger partial charge >= 0.3 is 0 Å². The SMILES string of the molecule is [C-]#[N+]c1c(F)ccc2c1CSc1ccccc1C2C(C)C. The molecule has 3 heteroatoms. The minimum Gasteiger partial charge on any atom is -0.235 e. The summed E-state index contributed by atoms with van der Waals surface area (Å²) in [6.45, 7) is 11.7. The van der Waals surface area contributed by atoms with Crippen molar-refractivity contribution in [3.05, 3.63) is 70.3 Å². The average Bonchev–Trinajstić information content (AvgIpc) is 2.64. The zero-order valence-electron chi connectivity index (χ0n) is 12.1. The highest BCUT2D eigenvalue weighted by Gasteiger charge is 2.28. The molecule has 0 saturated carbocycles. The van der Waals surface area contributed by atoms with Crippen molar-refractivity contribution in [2.24, 2.45) is 5.92 Å². The Kier molecular flexibility index (Phi) is 3.73. The van der Waals surface area contributed by atoms with Gasteiger partial charge in [0.1, 0.15) is 5.82 Å². The highest BCUT2D eigenvalue weighted by atomic mass is 32.2. The lowest BCUT2D eigenvalue weighted by Crippen LogP contribution is -2.10. The van der Waals surface area contributed by atoms with Gasteiger partial charge in [0.05, 0.1) is 6.57 Å². The van der Waals surface area contributed by atoms with E-state index in [0.29, 0.717) is 11.7 Å². The molecular weight excluding hydrogens is 281 g/mol. The van der Waals surface area contributed by atoms with E-state index in [-0.39, 0.29) is 11.6 Å². The second kappa shape index (κ2) is 5.54. The molecule has 0 N–H and O–H groups in total. The van der Waals surface area contributed by atoms with Crippen LogP contribution in [0.1, 0.15) is 36.5 Å². The van der Waals surface area contributed by atoms with Gasteiger partial charge in [-0.25, -0.2) is 9.24 Å². The van der Waals surface area contributed by atoms with Gasteiger partial charge in [-0.3, -0.25) is 0 Å². The van der Waals surface area contributed by atoms with E-state index in [4.69, 9.17) is 6.57 Å². The third-order valence-electron chi connectivity index (χ3n) is 4.01. The Bertz CT molecular complexity index is 730. The minimum absolute atomic E-state index is 0.193. The first-order valence-corrected chi connectivity index (χ1v) is 8.02. The molecule has 1 atom stereocenters. The molecule has 1 heterocycles. The lowest BCUT2D eigenvalue weighted by Gasteiger charge is -2.24. The number of fused-ring (bicyclic) bond motifs is 2. The number of nitrogens with zero attached hydrogens (tertiary/aromatic N) is 1. The zero-order chi connectivity index (χ0) is 15.0. The standard InChI is InChI=1S/C18H16FNS/c1-11(2)17-12-8-9-15(19)18(20-3)14(12)10-21-16-7-5-4-6-13(16)17/h4-9,11,17H,10H2,1-2H3. The summed E-state index contributed by atoms with van der Waals surface area (Å²) < 4.78 is 13.9. The summed E-state index contributed by atoms with van der Waals surface area (Å²) in [5.41, 5.74) is 3.46. The van der Waals surface area contributed by atoms with Gasteiger partial charge in [-0.05, 0) is 34.7 Å². The van der Waals surface area contributed by atoms with Crippen molar-refractivity contribution in [3.8, 4) is 0 Å². The number of hydrogen-bond donors (Lipinski definition) is 0. The van der Waals surface area contributed by atoms with E-state index in [2.05, 4.69) is 36.9 Å². The quantitative estimate of drug-likeness (QED) is 0.605. The van der Waals surface area contributed by atoms with Gasteiger partial charge in [0.15, 0.2) is 0 Å². The summed E-state index contributed by atoms with van der Waals surface area (Å²) >= 11 is 1.70. The normalized spacial score (nSPS) is 16.8. The highest BCUT2D eigenvalue weighted by molar-refractivity contribution is 7.98. The van der Waals surface area contributed by atoms with Gasteiger partial charge in [-0.1, -0.05) is 38.1 Å². The van der Waals surface area contributed by atoms with Crippen LogP contribution in [0.15, 0.2) is 41.3 Å². The molecule has 1 nitrogen and oxygen atoms in total. The molecule has 0 radical (unpaired) electrons. The van der Waals surface area contributed by atoms with Crippen LogP contribution >= 0.6 is 11.8 Å². The van der Waals surface area contributed by atoms with E-state index in [0.717, 1.165) is 11.1 Å². The molecule has 106 valence electrons. The molecule has 21 heavy (non-hydrogen) atoms. The lowest BCUT2D eigenvalue weighted by molar-refractivity contribution is 0.554. The van der Waals surface area contributed by atoms with E-state index < -0.39 is 5.82 Å². The number of rotatable bonds is 1. The minimum atomic E-state index is -0.405. The average molecular weight is 297 g/mol. The summed E-state index contributed by atoms with van der Waals surface area (Å²) in [6.07, 6.45) is 0. The molecule has 0 spiro atoms. The second-order valence-corrected chi connectivity index (χ2v) is 6.64. The molecule has 0 bridgehead atoms. The summed E-state index contributed by atoms with van der Waals surface area (Å²) in [4.78, 5) is 4.68. The molecule has 0 saturated heterocycles. The van der Waals surface area contributed by atoms with Gasteiger partial charge in [0.2, 0.25) is 5.69 Å². The van der Waals surface area contributed by atoms with Gasteiger partial charge in [0, 0.05) is 16.6 Å². The molecule has 3 rings (SSSR count). The third-order valence-corrected chi connectivity index (χ3v) is 5.13. The van der Waals surface area contributed by atoms with Gasteiger partial charge in [0.25, 0.3) is 0 Å². The van der Waals surface area contributed by atoms with Crippen LogP contribution in [-0.4, -0.2) is 0 Å². The lowest BCUT2D eigenvalue weighted by atomic mass is 9.80. The fourth-order valence-corrected chi connectivity index (χ4v) is 4.23. The van der Waals surface area contributed by atoms with Crippen LogP contribution in [0.25, 0.3) is 4.85 Å². The van der Waals surface area contributed by atoms with E-state index in [1.54, 1.807) is 11.8 Å². The molecule has 1 aliphatic rings. The van der Waals surface area contributed by atoms with Crippen LogP contribution in [0.5, 0.6) is 0 Å². The van der Waals surface area contributed by atoms with Gasteiger partial charge in [-0.2, -0.15) is 0 Å². The summed E-state index contributed by atoms with van der Waals surface area (Å²) in [5, 5.41) is 0. The number of benzene rings is 2. The van der Waals surface area contributed by atoms with Crippen LogP contribution in [0.3, 0.4) is 0 Å². The van der Waals surface area contributed by atoms with Crippen molar-refractivity contribution in [3.63, 3.8) is 0 Å². The Morgan fingerprint density at radius 3 is 2.67 bits per heavy atom. The fourth-order valence-electron chi connectivity index (χ4n) is 3.09. The predicted octanol–water partition coefficient (Wildman–Crippen LogP) is 5.77. The molecule has 2 aromatic carbocycles. The molecular formula is C18H16FNS. The largest absolute Gasteiger partial charge is 0.235 e. The van der Waals surface area contributed by atoms with Crippen LogP contribution in [0.2, 0.25) is 0 Å². The Hall–Kier alpha value is -1.79. The van der Waals surface area contributed by atoms with E-state index in [1.165, 1.54) is 16.5 Å². The molecule has 0 fully saturated rings. The van der Waals surface area contributed by atoms with Crippen molar-refractivity contribution in [2.45, 2.75) is 30.4 Å². The Morgan fingerprint density at radius 2 is 1.95 bits per heavy atom. The van der Waals surface area contributed by atoms with Crippen LogP contribution in [-0.2, 0) is 5.75 Å². The van der Waals surface area contributed by atoms with Crippen LogP contribution in [0, 0.1) is 18.3 Å². The van der Waals surface area contributed by atoms with Crippen molar-refractivity contribution < 1.29 is 4.39 Å². The smallest absolute Gasteiger partial charge is 0.226 e. The second-order valence-electron chi connectivity index (χ2n) is 5.62. The number of thioether (sulfide) groups is 1. The van der Waals surface area contributed by atoms with Crippen molar-refractivity contribution >= 4 is 17.4 Å². The first kappa shape index (κ1) is 14.2. The monoisotopic (exact) mass is 297 g/mol. The summed E-state index contributed by atoms with van der Waals surface area (Å²) in [6, 6.07) is 11.7. The first-order valence-electron chi connectivity index (χ1n) is 7.04. The van der Waals surface area contributed by atoms with Crippen molar-refractivity contribution in [1.82, 2.24) is 0 Å². The number of halogens is 1. The molecule has 0 aliphatic carbocycles. The first-order chi connectivity index (χ1) is 10.1. The zero-order valence-corrected chi connectivity index (χ0v) is 12.9. The highest BCUT2D eigenvalue weighted by Crippen LogP contribution is 2.46. The molecule has 1 aliphatic heterocycles. The predicted molar refractivity (Wildman–Crippen MR) is 85.3 cm³/mol. The van der Waals surface area contributed by atoms with Crippen LogP contribution in [0.4, 0.5) is 10.1 Å². The van der Waals surface area contributed by atoms with E-state index in [9.17, 15) is 4.39 Å². The van der Waals surface area contributed by atoms with Crippen molar-refractivity contribution in [2.75, 3.05) is 0 Å². The summed E-state index contributed by atoms with van der Waals surface area (Å²) in [5.74, 6) is 0.864. The summed E-state index contributed by atoms with van der Waals surface area (Å²) in [7, 11) is 0. The Morgan fingerprint density at radius 1 is 1.19 bits per heavy atom. The molecule has 0 aromatic heterocycles. The fraction of sp³-hybridized carbons (Fsp3) is 0.278. The molecule has 0 amide bonds. The van der Waals surface area contributed by atoms with Gasteiger partial charge < -0.3 is 0 Å². The van der Waals surface area contributed by atoms with E-state index >= 15 is 0 Å². The molecule has 2 aromatic rings.